The van der Waals surface area contributed by atoms with E-state index in [-0.39, 0.29) is 0 Å². The molecule has 0 amide bonds. The van der Waals surface area contributed by atoms with Crippen molar-refractivity contribution in [1.82, 2.24) is 5.32 Å². The summed E-state index contributed by atoms with van der Waals surface area (Å²) in [5, 5.41) is 3.80. The smallest absolute Gasteiger partial charge is 0.0363 e. The molecule has 2 heteroatoms. The van der Waals surface area contributed by atoms with Crippen molar-refractivity contribution in [2.24, 2.45) is 11.3 Å². The van der Waals surface area contributed by atoms with Gasteiger partial charge in [-0.05, 0) is 49.3 Å². The van der Waals surface area contributed by atoms with Gasteiger partial charge in [0.1, 0.15) is 0 Å². The Kier molecular flexibility index (Phi) is 5.09. The number of rotatable bonds is 6. The summed E-state index contributed by atoms with van der Waals surface area (Å²) in [5.74, 6) is 0.752. The summed E-state index contributed by atoms with van der Waals surface area (Å²) >= 11 is 0. The van der Waals surface area contributed by atoms with E-state index in [1.54, 1.807) is 0 Å². The van der Waals surface area contributed by atoms with Gasteiger partial charge in [-0.15, -0.1) is 0 Å². The van der Waals surface area contributed by atoms with E-state index in [1.165, 1.54) is 24.9 Å². The fourth-order valence-electron chi connectivity index (χ4n) is 3.60. The highest BCUT2D eigenvalue weighted by Crippen LogP contribution is 2.41. The fraction of sp³-hybridized carbons (Fsp3) is 0.667. The van der Waals surface area contributed by atoms with Gasteiger partial charge in [-0.25, -0.2) is 0 Å². The molecule has 2 nitrogen and oxygen atoms in total. The Morgan fingerprint density at radius 3 is 2.60 bits per heavy atom. The number of benzene rings is 1. The summed E-state index contributed by atoms with van der Waals surface area (Å²) in [7, 11) is 2.22. The Morgan fingerprint density at radius 2 is 1.95 bits per heavy atom. The Balaban J connectivity index is 2.00. The van der Waals surface area contributed by atoms with Crippen molar-refractivity contribution in [1.29, 1.82) is 0 Å². The minimum absolute atomic E-state index is 0.428. The van der Waals surface area contributed by atoms with Gasteiger partial charge in [0.25, 0.3) is 0 Å². The van der Waals surface area contributed by atoms with Gasteiger partial charge in [-0.3, -0.25) is 0 Å². The molecular weight excluding hydrogens is 244 g/mol. The van der Waals surface area contributed by atoms with E-state index in [4.69, 9.17) is 0 Å². The number of hydrogen-bond acceptors (Lipinski definition) is 2. The summed E-state index contributed by atoms with van der Waals surface area (Å²) in [6.45, 7) is 9.38. The molecule has 2 rings (SSSR count). The van der Waals surface area contributed by atoms with Crippen molar-refractivity contribution in [3.63, 3.8) is 0 Å². The van der Waals surface area contributed by atoms with E-state index in [0.717, 1.165) is 19.0 Å². The first-order chi connectivity index (χ1) is 9.54. The van der Waals surface area contributed by atoms with Gasteiger partial charge < -0.3 is 10.2 Å². The average Bonchev–Trinajstić information content (AvgIpc) is 2.72. The van der Waals surface area contributed by atoms with Crippen molar-refractivity contribution < 1.29 is 0 Å². The molecule has 0 bridgehead atoms. The molecule has 2 atom stereocenters. The molecule has 1 N–H and O–H groups in total. The third-order valence-electron chi connectivity index (χ3n) is 4.79. The van der Waals surface area contributed by atoms with E-state index in [0.29, 0.717) is 11.5 Å². The maximum absolute atomic E-state index is 3.80. The SMILES string of the molecule is CCCNC1C(CN(C)c2ccccc2)CCC1(C)C. The molecule has 1 fully saturated rings. The quantitative estimate of drug-likeness (QED) is 0.845. The first-order valence-corrected chi connectivity index (χ1v) is 8.04. The van der Waals surface area contributed by atoms with Crippen LogP contribution in [-0.4, -0.2) is 26.2 Å². The number of nitrogens with one attached hydrogen (secondary N) is 1. The van der Waals surface area contributed by atoms with Gasteiger partial charge >= 0.3 is 0 Å². The highest BCUT2D eigenvalue weighted by Gasteiger charge is 2.41. The Morgan fingerprint density at radius 1 is 1.25 bits per heavy atom. The molecule has 0 radical (unpaired) electrons. The highest BCUT2D eigenvalue weighted by molar-refractivity contribution is 5.45. The van der Waals surface area contributed by atoms with Gasteiger partial charge in [0.2, 0.25) is 0 Å². The second-order valence-electron chi connectivity index (χ2n) is 6.94. The Hall–Kier alpha value is -1.02. The van der Waals surface area contributed by atoms with Crippen molar-refractivity contribution in [3.05, 3.63) is 30.3 Å². The molecule has 1 aliphatic carbocycles. The lowest BCUT2D eigenvalue weighted by molar-refractivity contribution is 0.250. The van der Waals surface area contributed by atoms with Gasteiger partial charge in [0.05, 0.1) is 0 Å². The zero-order valence-corrected chi connectivity index (χ0v) is 13.5. The van der Waals surface area contributed by atoms with Crippen molar-refractivity contribution in [3.8, 4) is 0 Å². The van der Waals surface area contributed by atoms with Crippen LogP contribution in [-0.2, 0) is 0 Å². The number of para-hydroxylation sites is 1. The number of anilines is 1. The molecular formula is C18H30N2. The summed E-state index contributed by atoms with van der Waals surface area (Å²) in [6, 6.07) is 11.4. The summed E-state index contributed by atoms with van der Waals surface area (Å²) in [5.41, 5.74) is 1.75. The van der Waals surface area contributed by atoms with E-state index < -0.39 is 0 Å². The molecule has 1 aromatic rings. The second-order valence-corrected chi connectivity index (χ2v) is 6.94. The minimum Gasteiger partial charge on any atom is -0.374 e. The maximum Gasteiger partial charge on any atom is 0.0363 e. The van der Waals surface area contributed by atoms with Crippen LogP contribution in [0.3, 0.4) is 0 Å². The van der Waals surface area contributed by atoms with E-state index in [9.17, 15) is 0 Å². The maximum atomic E-state index is 3.80. The lowest BCUT2D eigenvalue weighted by atomic mass is 9.84. The van der Waals surface area contributed by atoms with Crippen LogP contribution >= 0.6 is 0 Å². The first-order valence-electron chi connectivity index (χ1n) is 8.04. The number of nitrogens with zero attached hydrogens (tertiary/aromatic N) is 1. The fourth-order valence-corrected chi connectivity index (χ4v) is 3.60. The highest BCUT2D eigenvalue weighted by atomic mass is 15.1. The lowest BCUT2D eigenvalue weighted by Crippen LogP contribution is -2.45. The van der Waals surface area contributed by atoms with E-state index >= 15 is 0 Å². The van der Waals surface area contributed by atoms with Gasteiger partial charge in [-0.2, -0.15) is 0 Å². The third kappa shape index (κ3) is 3.54. The van der Waals surface area contributed by atoms with Crippen LogP contribution in [0.2, 0.25) is 0 Å². The van der Waals surface area contributed by atoms with Crippen LogP contribution in [0.1, 0.15) is 40.0 Å². The topological polar surface area (TPSA) is 15.3 Å². The Labute approximate surface area is 124 Å². The van der Waals surface area contributed by atoms with Gasteiger partial charge in [-0.1, -0.05) is 39.0 Å². The second kappa shape index (κ2) is 6.62. The van der Waals surface area contributed by atoms with Crippen molar-refractivity contribution in [2.45, 2.75) is 46.1 Å². The van der Waals surface area contributed by atoms with Gasteiger partial charge in [0.15, 0.2) is 0 Å². The number of hydrogen-bond donors (Lipinski definition) is 1. The average molecular weight is 274 g/mol. The zero-order valence-electron chi connectivity index (χ0n) is 13.5. The summed E-state index contributed by atoms with van der Waals surface area (Å²) < 4.78 is 0. The molecule has 1 aliphatic rings. The van der Waals surface area contributed by atoms with E-state index in [2.05, 4.69) is 68.4 Å². The monoisotopic (exact) mass is 274 g/mol. The molecule has 112 valence electrons. The van der Waals surface area contributed by atoms with Crippen molar-refractivity contribution in [2.75, 3.05) is 25.0 Å². The standard InChI is InChI=1S/C18H30N2/c1-5-13-19-17-15(11-12-18(17,2)3)14-20(4)16-9-7-6-8-10-16/h6-10,15,17,19H,5,11-14H2,1-4H3. The third-order valence-corrected chi connectivity index (χ3v) is 4.79. The van der Waals surface area contributed by atoms with E-state index in [1.807, 2.05) is 0 Å². The molecule has 2 unspecified atom stereocenters. The summed E-state index contributed by atoms with van der Waals surface area (Å²) in [4.78, 5) is 2.41. The van der Waals surface area contributed by atoms with Crippen LogP contribution in [0, 0.1) is 11.3 Å². The molecule has 0 aliphatic heterocycles. The summed E-state index contributed by atoms with van der Waals surface area (Å²) in [6.07, 6.45) is 3.89. The van der Waals surface area contributed by atoms with Crippen molar-refractivity contribution >= 4 is 5.69 Å². The Bertz CT molecular complexity index is 399. The normalized spacial score (nSPS) is 24.8. The predicted octanol–water partition coefficient (Wildman–Crippen LogP) is 3.93. The van der Waals surface area contributed by atoms with Crippen LogP contribution < -0.4 is 10.2 Å². The predicted molar refractivity (Wildman–Crippen MR) is 88.3 cm³/mol. The molecule has 0 aromatic heterocycles. The molecule has 1 saturated carbocycles. The lowest BCUT2D eigenvalue weighted by Gasteiger charge is -2.34. The van der Waals surface area contributed by atoms with Gasteiger partial charge in [0, 0.05) is 25.3 Å². The minimum atomic E-state index is 0.428. The molecule has 1 aromatic carbocycles. The van der Waals surface area contributed by atoms with Crippen LogP contribution in [0.5, 0.6) is 0 Å². The first kappa shape index (κ1) is 15.4. The largest absolute Gasteiger partial charge is 0.374 e. The van der Waals surface area contributed by atoms with Crippen LogP contribution in [0.15, 0.2) is 30.3 Å². The molecule has 0 heterocycles. The van der Waals surface area contributed by atoms with Crippen LogP contribution in [0.4, 0.5) is 5.69 Å². The molecule has 0 saturated heterocycles. The molecule has 20 heavy (non-hydrogen) atoms. The van der Waals surface area contributed by atoms with Crippen LogP contribution in [0.25, 0.3) is 0 Å². The zero-order chi connectivity index (χ0) is 14.6. The molecule has 0 spiro atoms.